The molecule has 0 aliphatic carbocycles. The summed E-state index contributed by atoms with van der Waals surface area (Å²) < 4.78 is 1.99. The molecule has 20 heavy (non-hydrogen) atoms. The van der Waals surface area contributed by atoms with Gasteiger partial charge < -0.3 is 5.32 Å². The summed E-state index contributed by atoms with van der Waals surface area (Å²) in [5.41, 5.74) is 3.51. The highest BCUT2D eigenvalue weighted by Crippen LogP contribution is 2.21. The Labute approximate surface area is 119 Å². The van der Waals surface area contributed by atoms with Gasteiger partial charge in [0.2, 0.25) is 0 Å². The van der Waals surface area contributed by atoms with E-state index in [-0.39, 0.29) is 0 Å². The van der Waals surface area contributed by atoms with Crippen molar-refractivity contribution < 1.29 is 0 Å². The SMILES string of the molecule is Cc1c(C2CNCCN2C)nnn1Cc1ccccc1. The second kappa shape index (κ2) is 5.73. The van der Waals surface area contributed by atoms with E-state index in [2.05, 4.69) is 58.8 Å². The van der Waals surface area contributed by atoms with Crippen LogP contribution in [0.4, 0.5) is 0 Å². The first-order valence-electron chi connectivity index (χ1n) is 7.10. The van der Waals surface area contributed by atoms with Crippen molar-refractivity contribution in [1.82, 2.24) is 25.2 Å². The van der Waals surface area contributed by atoms with Crippen LogP contribution >= 0.6 is 0 Å². The van der Waals surface area contributed by atoms with Gasteiger partial charge in [0, 0.05) is 19.6 Å². The maximum Gasteiger partial charge on any atom is 0.104 e. The number of nitrogens with one attached hydrogen (secondary N) is 1. The molecular formula is C15H21N5. The molecule has 0 saturated carbocycles. The Morgan fingerprint density at radius 2 is 2.10 bits per heavy atom. The Bertz CT molecular complexity index is 563. The average Bonchev–Trinajstić information content (AvgIpc) is 2.82. The van der Waals surface area contributed by atoms with Gasteiger partial charge in [-0.1, -0.05) is 35.5 Å². The number of likely N-dealkylation sites (N-methyl/N-ethyl adjacent to an activating group) is 1. The first-order valence-corrected chi connectivity index (χ1v) is 7.10. The van der Waals surface area contributed by atoms with Crippen LogP contribution in [-0.4, -0.2) is 46.6 Å². The largest absolute Gasteiger partial charge is 0.313 e. The zero-order chi connectivity index (χ0) is 13.9. The van der Waals surface area contributed by atoms with Crippen LogP contribution in [0, 0.1) is 6.92 Å². The molecule has 106 valence electrons. The lowest BCUT2D eigenvalue weighted by molar-refractivity contribution is 0.197. The van der Waals surface area contributed by atoms with Gasteiger partial charge in [-0.2, -0.15) is 0 Å². The van der Waals surface area contributed by atoms with E-state index in [1.54, 1.807) is 0 Å². The van der Waals surface area contributed by atoms with Gasteiger partial charge in [0.15, 0.2) is 0 Å². The fraction of sp³-hybridized carbons (Fsp3) is 0.467. The predicted molar refractivity (Wildman–Crippen MR) is 78.5 cm³/mol. The van der Waals surface area contributed by atoms with E-state index < -0.39 is 0 Å². The van der Waals surface area contributed by atoms with Crippen molar-refractivity contribution in [2.75, 3.05) is 26.7 Å². The van der Waals surface area contributed by atoms with E-state index in [0.717, 1.165) is 37.6 Å². The Hall–Kier alpha value is -1.72. The van der Waals surface area contributed by atoms with Gasteiger partial charge in [-0.25, -0.2) is 4.68 Å². The van der Waals surface area contributed by atoms with Gasteiger partial charge in [0.1, 0.15) is 5.69 Å². The molecule has 1 aliphatic rings. The van der Waals surface area contributed by atoms with Crippen molar-refractivity contribution >= 4 is 0 Å². The van der Waals surface area contributed by atoms with Crippen molar-refractivity contribution in [2.45, 2.75) is 19.5 Å². The molecule has 1 N–H and O–H groups in total. The summed E-state index contributed by atoms with van der Waals surface area (Å²) in [6, 6.07) is 10.7. The Balaban J connectivity index is 1.81. The molecule has 1 aliphatic heterocycles. The van der Waals surface area contributed by atoms with E-state index in [0.29, 0.717) is 6.04 Å². The highest BCUT2D eigenvalue weighted by Gasteiger charge is 2.25. The Morgan fingerprint density at radius 3 is 2.85 bits per heavy atom. The molecule has 1 aromatic carbocycles. The van der Waals surface area contributed by atoms with Crippen LogP contribution in [0.2, 0.25) is 0 Å². The van der Waals surface area contributed by atoms with Crippen molar-refractivity contribution in [2.24, 2.45) is 0 Å². The zero-order valence-electron chi connectivity index (χ0n) is 12.1. The maximum absolute atomic E-state index is 4.42. The van der Waals surface area contributed by atoms with E-state index in [4.69, 9.17) is 0 Å². The third kappa shape index (κ3) is 2.59. The molecule has 2 aromatic rings. The van der Waals surface area contributed by atoms with Crippen LogP contribution in [0.3, 0.4) is 0 Å². The molecule has 0 bridgehead atoms. The number of benzene rings is 1. The lowest BCUT2D eigenvalue weighted by Gasteiger charge is -2.32. The second-order valence-electron chi connectivity index (χ2n) is 5.40. The van der Waals surface area contributed by atoms with E-state index >= 15 is 0 Å². The van der Waals surface area contributed by atoms with E-state index in [9.17, 15) is 0 Å². The summed E-state index contributed by atoms with van der Waals surface area (Å²) >= 11 is 0. The number of hydrogen-bond donors (Lipinski definition) is 1. The van der Waals surface area contributed by atoms with Gasteiger partial charge >= 0.3 is 0 Å². The smallest absolute Gasteiger partial charge is 0.104 e. The van der Waals surface area contributed by atoms with Gasteiger partial charge in [0.25, 0.3) is 0 Å². The average molecular weight is 271 g/mol. The maximum atomic E-state index is 4.42. The van der Waals surface area contributed by atoms with Gasteiger partial charge in [-0.05, 0) is 19.5 Å². The molecule has 3 rings (SSSR count). The number of hydrogen-bond acceptors (Lipinski definition) is 4. The number of piperazine rings is 1. The minimum Gasteiger partial charge on any atom is -0.313 e. The van der Waals surface area contributed by atoms with Crippen LogP contribution < -0.4 is 5.32 Å². The summed E-state index contributed by atoms with van der Waals surface area (Å²) in [7, 11) is 2.15. The topological polar surface area (TPSA) is 46.0 Å². The van der Waals surface area contributed by atoms with Crippen LogP contribution in [0.1, 0.15) is 23.0 Å². The van der Waals surface area contributed by atoms with E-state index in [1.807, 2.05) is 10.7 Å². The van der Waals surface area contributed by atoms with Crippen molar-refractivity contribution in [3.05, 3.63) is 47.3 Å². The molecule has 2 heterocycles. The highest BCUT2D eigenvalue weighted by molar-refractivity contribution is 5.19. The summed E-state index contributed by atoms with van der Waals surface area (Å²) in [5.74, 6) is 0. The molecule has 0 radical (unpaired) electrons. The minimum atomic E-state index is 0.327. The van der Waals surface area contributed by atoms with Crippen molar-refractivity contribution in [3.8, 4) is 0 Å². The van der Waals surface area contributed by atoms with Gasteiger partial charge in [-0.3, -0.25) is 4.90 Å². The fourth-order valence-electron chi connectivity index (χ4n) is 2.70. The number of aromatic nitrogens is 3. The molecular weight excluding hydrogens is 250 g/mol. The summed E-state index contributed by atoms with van der Waals surface area (Å²) in [4.78, 5) is 2.35. The van der Waals surface area contributed by atoms with Crippen LogP contribution in [0.25, 0.3) is 0 Å². The van der Waals surface area contributed by atoms with Gasteiger partial charge in [0.05, 0.1) is 18.3 Å². The third-order valence-electron chi connectivity index (χ3n) is 4.02. The number of nitrogens with zero attached hydrogens (tertiary/aromatic N) is 4. The van der Waals surface area contributed by atoms with Crippen LogP contribution in [0.15, 0.2) is 30.3 Å². The predicted octanol–water partition coefficient (Wildman–Crippen LogP) is 1.21. The van der Waals surface area contributed by atoms with E-state index in [1.165, 1.54) is 5.56 Å². The molecule has 1 atom stereocenters. The minimum absolute atomic E-state index is 0.327. The summed E-state index contributed by atoms with van der Waals surface area (Å²) in [6.45, 7) is 5.94. The zero-order valence-corrected chi connectivity index (χ0v) is 12.1. The Kier molecular flexibility index (Phi) is 3.80. The third-order valence-corrected chi connectivity index (χ3v) is 4.02. The first-order chi connectivity index (χ1) is 9.75. The molecule has 1 aromatic heterocycles. The van der Waals surface area contributed by atoms with Crippen molar-refractivity contribution in [3.63, 3.8) is 0 Å². The fourth-order valence-corrected chi connectivity index (χ4v) is 2.70. The molecule has 5 heteroatoms. The lowest BCUT2D eigenvalue weighted by atomic mass is 10.1. The summed E-state index contributed by atoms with van der Waals surface area (Å²) in [5, 5.41) is 12.2. The second-order valence-corrected chi connectivity index (χ2v) is 5.40. The number of rotatable bonds is 3. The van der Waals surface area contributed by atoms with Crippen molar-refractivity contribution in [1.29, 1.82) is 0 Å². The molecule has 5 nitrogen and oxygen atoms in total. The molecule has 1 fully saturated rings. The highest BCUT2D eigenvalue weighted by atomic mass is 15.4. The standard InChI is InChI=1S/C15H21N5/c1-12-15(14-10-16-8-9-19(14)2)17-18-20(12)11-13-6-4-3-5-7-13/h3-7,14,16H,8-11H2,1-2H3. The molecule has 1 saturated heterocycles. The van der Waals surface area contributed by atoms with Crippen LogP contribution in [0.5, 0.6) is 0 Å². The molecule has 1 unspecified atom stereocenters. The summed E-state index contributed by atoms with van der Waals surface area (Å²) in [6.07, 6.45) is 0. The molecule has 0 amide bonds. The lowest BCUT2D eigenvalue weighted by Crippen LogP contribution is -2.44. The normalized spacial score (nSPS) is 20.2. The monoisotopic (exact) mass is 271 g/mol. The van der Waals surface area contributed by atoms with Gasteiger partial charge in [-0.15, -0.1) is 5.10 Å². The van der Waals surface area contributed by atoms with Crippen LogP contribution in [-0.2, 0) is 6.54 Å². The molecule has 0 spiro atoms. The quantitative estimate of drug-likeness (QED) is 0.911. The first kappa shape index (κ1) is 13.3. The Morgan fingerprint density at radius 1 is 1.30 bits per heavy atom.